The highest BCUT2D eigenvalue weighted by Gasteiger charge is 2.22. The van der Waals surface area contributed by atoms with E-state index in [0.717, 1.165) is 19.3 Å². The van der Waals surface area contributed by atoms with Gasteiger partial charge in [-0.3, -0.25) is 14.5 Å². The zero-order chi connectivity index (χ0) is 21.8. The molecule has 1 aromatic heterocycles. The summed E-state index contributed by atoms with van der Waals surface area (Å²) >= 11 is 1.21. The lowest BCUT2D eigenvalue weighted by molar-refractivity contribution is -0.117. The number of benzene rings is 2. The van der Waals surface area contributed by atoms with E-state index in [-0.39, 0.29) is 23.5 Å². The molecular formula is C24H22FN3O2S. The first kappa shape index (κ1) is 20.9. The maximum Gasteiger partial charge on any atom is 0.244 e. The van der Waals surface area contributed by atoms with E-state index in [9.17, 15) is 14.0 Å². The van der Waals surface area contributed by atoms with Crippen LogP contribution < -0.4 is 10.2 Å². The molecule has 0 radical (unpaired) electrons. The second kappa shape index (κ2) is 9.22. The summed E-state index contributed by atoms with van der Waals surface area (Å²) in [5.74, 6) is -1.05. The van der Waals surface area contributed by atoms with Crippen LogP contribution in [0.3, 0.4) is 0 Å². The molecule has 0 saturated carbocycles. The molecule has 5 nitrogen and oxygen atoms in total. The number of aryl methyl sites for hydroxylation is 1. The van der Waals surface area contributed by atoms with Crippen molar-refractivity contribution in [2.24, 2.45) is 0 Å². The van der Waals surface area contributed by atoms with Crippen LogP contribution in [0.25, 0.3) is 6.08 Å². The van der Waals surface area contributed by atoms with E-state index in [2.05, 4.69) is 22.4 Å². The summed E-state index contributed by atoms with van der Waals surface area (Å²) in [5, 5.41) is 5.14. The molecule has 2 amide bonds. The minimum atomic E-state index is -0.503. The summed E-state index contributed by atoms with van der Waals surface area (Å²) in [5.41, 5.74) is 3.13. The Kier molecular flexibility index (Phi) is 6.23. The average Bonchev–Trinajstić information content (AvgIpc) is 3.22. The first-order chi connectivity index (χ1) is 15.0. The number of carbonyl (C=O) groups is 2. The van der Waals surface area contributed by atoms with Crippen LogP contribution in [-0.2, 0) is 16.0 Å². The fourth-order valence-corrected chi connectivity index (χ4v) is 4.63. The lowest BCUT2D eigenvalue weighted by Crippen LogP contribution is -2.29. The molecule has 1 heterocycles. The number of aromatic nitrogens is 1. The molecule has 0 fully saturated rings. The van der Waals surface area contributed by atoms with Gasteiger partial charge in [-0.1, -0.05) is 36.4 Å². The molecule has 1 N–H and O–H groups in total. The van der Waals surface area contributed by atoms with Crippen LogP contribution in [0.4, 0.5) is 15.2 Å². The molecule has 1 unspecified atom stereocenters. The summed E-state index contributed by atoms with van der Waals surface area (Å²) in [4.78, 5) is 30.2. The minimum absolute atomic E-state index is 0.00218. The third-order valence-corrected chi connectivity index (χ3v) is 6.04. The van der Waals surface area contributed by atoms with Gasteiger partial charge in [-0.25, -0.2) is 9.37 Å². The van der Waals surface area contributed by atoms with Gasteiger partial charge in [0.1, 0.15) is 5.82 Å². The number of halogens is 1. The van der Waals surface area contributed by atoms with E-state index < -0.39 is 5.82 Å². The minimum Gasteiger partial charge on any atom is -0.346 e. The Balaban J connectivity index is 1.47. The standard InChI is InChI=1S/C24H22FN3O2S/c1-16(29)28(22-12-5-4-10-20(22)25)24-26-18(15-31-24)13-14-23(30)27-21-11-6-8-17-7-2-3-9-19(17)21/h2-5,7,9-10,12-15,21H,6,8,11H2,1H3,(H,27,30)/b14-13+. The number of rotatable bonds is 5. The molecule has 2 aromatic carbocycles. The average molecular weight is 436 g/mol. The number of amides is 2. The van der Waals surface area contributed by atoms with Gasteiger partial charge in [-0.05, 0) is 48.6 Å². The molecule has 0 bridgehead atoms. The van der Waals surface area contributed by atoms with Crippen LogP contribution in [0.5, 0.6) is 0 Å². The van der Waals surface area contributed by atoms with Gasteiger partial charge in [-0.2, -0.15) is 0 Å². The number of thiazole rings is 1. The zero-order valence-corrected chi connectivity index (χ0v) is 17.9. The number of anilines is 2. The molecule has 0 saturated heterocycles. The van der Waals surface area contributed by atoms with Crippen molar-refractivity contribution >= 4 is 40.0 Å². The van der Waals surface area contributed by atoms with Crippen LogP contribution in [0.15, 0.2) is 60.0 Å². The quantitative estimate of drug-likeness (QED) is 0.562. The second-order valence-corrected chi connectivity index (χ2v) is 8.18. The van der Waals surface area contributed by atoms with Crippen LogP contribution >= 0.6 is 11.3 Å². The first-order valence-electron chi connectivity index (χ1n) is 10.1. The number of carbonyl (C=O) groups excluding carboxylic acids is 2. The van der Waals surface area contributed by atoms with Crippen molar-refractivity contribution in [2.75, 3.05) is 4.90 Å². The smallest absolute Gasteiger partial charge is 0.244 e. The molecule has 7 heteroatoms. The van der Waals surface area contributed by atoms with Crippen molar-refractivity contribution in [3.05, 3.63) is 82.6 Å². The van der Waals surface area contributed by atoms with Crippen LogP contribution in [0, 0.1) is 5.82 Å². The normalized spacial score (nSPS) is 15.5. The highest BCUT2D eigenvalue weighted by Crippen LogP contribution is 2.31. The Morgan fingerprint density at radius 1 is 1.19 bits per heavy atom. The van der Waals surface area contributed by atoms with Crippen molar-refractivity contribution in [1.82, 2.24) is 10.3 Å². The third-order valence-electron chi connectivity index (χ3n) is 5.20. The number of fused-ring (bicyclic) bond motifs is 1. The van der Waals surface area contributed by atoms with Crippen molar-refractivity contribution in [1.29, 1.82) is 0 Å². The van der Waals surface area contributed by atoms with Crippen molar-refractivity contribution < 1.29 is 14.0 Å². The summed E-state index contributed by atoms with van der Waals surface area (Å²) in [6, 6.07) is 14.2. The highest BCUT2D eigenvalue weighted by molar-refractivity contribution is 7.14. The van der Waals surface area contributed by atoms with E-state index in [1.54, 1.807) is 23.6 Å². The monoisotopic (exact) mass is 435 g/mol. The Morgan fingerprint density at radius 2 is 1.97 bits per heavy atom. The Hall–Kier alpha value is -3.32. The lowest BCUT2D eigenvalue weighted by Gasteiger charge is -2.25. The topological polar surface area (TPSA) is 62.3 Å². The first-order valence-corrected chi connectivity index (χ1v) is 11.0. The molecule has 3 aromatic rings. The fraction of sp³-hybridized carbons (Fsp3) is 0.208. The van der Waals surface area contributed by atoms with Gasteiger partial charge in [0.2, 0.25) is 11.8 Å². The van der Waals surface area contributed by atoms with Gasteiger partial charge in [0, 0.05) is 18.4 Å². The molecule has 31 heavy (non-hydrogen) atoms. The second-order valence-electron chi connectivity index (χ2n) is 7.35. The van der Waals surface area contributed by atoms with Gasteiger partial charge in [-0.15, -0.1) is 11.3 Å². The lowest BCUT2D eigenvalue weighted by atomic mass is 9.88. The van der Waals surface area contributed by atoms with Gasteiger partial charge in [0.05, 0.1) is 17.4 Å². The molecule has 1 aliphatic carbocycles. The zero-order valence-electron chi connectivity index (χ0n) is 17.0. The Labute approximate surface area is 184 Å². The van der Waals surface area contributed by atoms with E-state index >= 15 is 0 Å². The molecular weight excluding hydrogens is 413 g/mol. The predicted molar refractivity (Wildman–Crippen MR) is 121 cm³/mol. The number of nitrogens with one attached hydrogen (secondary N) is 1. The van der Waals surface area contributed by atoms with Gasteiger partial charge in [0.15, 0.2) is 5.13 Å². The van der Waals surface area contributed by atoms with Gasteiger partial charge < -0.3 is 5.32 Å². The Morgan fingerprint density at radius 3 is 2.77 bits per heavy atom. The van der Waals surface area contributed by atoms with Crippen molar-refractivity contribution in [2.45, 2.75) is 32.2 Å². The summed E-state index contributed by atoms with van der Waals surface area (Å²) in [6.45, 7) is 1.36. The summed E-state index contributed by atoms with van der Waals surface area (Å²) in [6.07, 6.45) is 6.03. The molecule has 158 valence electrons. The highest BCUT2D eigenvalue weighted by atomic mass is 32.1. The summed E-state index contributed by atoms with van der Waals surface area (Å²) in [7, 11) is 0. The van der Waals surface area contributed by atoms with Gasteiger partial charge >= 0.3 is 0 Å². The van der Waals surface area contributed by atoms with Crippen LogP contribution in [0.2, 0.25) is 0 Å². The van der Waals surface area contributed by atoms with E-state index in [0.29, 0.717) is 10.8 Å². The number of hydrogen-bond donors (Lipinski definition) is 1. The van der Waals surface area contributed by atoms with Crippen LogP contribution in [-0.4, -0.2) is 16.8 Å². The number of hydrogen-bond acceptors (Lipinski definition) is 4. The number of para-hydroxylation sites is 1. The Bertz CT molecular complexity index is 1140. The van der Waals surface area contributed by atoms with E-state index in [1.165, 1.54) is 52.5 Å². The molecule has 1 aliphatic rings. The molecule has 1 atom stereocenters. The van der Waals surface area contributed by atoms with Crippen LogP contribution in [0.1, 0.15) is 42.6 Å². The molecule has 0 spiro atoms. The largest absolute Gasteiger partial charge is 0.346 e. The predicted octanol–water partition coefficient (Wildman–Crippen LogP) is 5.17. The van der Waals surface area contributed by atoms with E-state index in [4.69, 9.17) is 0 Å². The SMILES string of the molecule is CC(=O)N(c1nc(/C=C/C(=O)NC2CCCc3ccccc32)cs1)c1ccccc1F. The van der Waals surface area contributed by atoms with Crippen molar-refractivity contribution in [3.63, 3.8) is 0 Å². The van der Waals surface area contributed by atoms with E-state index in [1.807, 2.05) is 12.1 Å². The third kappa shape index (κ3) is 4.72. The van der Waals surface area contributed by atoms with Crippen molar-refractivity contribution in [3.8, 4) is 0 Å². The summed E-state index contributed by atoms with van der Waals surface area (Å²) < 4.78 is 14.2. The molecule has 0 aliphatic heterocycles. The van der Waals surface area contributed by atoms with Gasteiger partial charge in [0.25, 0.3) is 0 Å². The number of nitrogens with zero attached hydrogens (tertiary/aromatic N) is 2. The maximum absolute atomic E-state index is 14.2. The fourth-order valence-electron chi connectivity index (χ4n) is 3.78. The maximum atomic E-state index is 14.2. The molecule has 4 rings (SSSR count).